The van der Waals surface area contributed by atoms with E-state index in [1.807, 2.05) is 24.3 Å². The van der Waals surface area contributed by atoms with Crippen molar-refractivity contribution in [3.8, 4) is 11.5 Å². The zero-order chi connectivity index (χ0) is 31.0. The van der Waals surface area contributed by atoms with Gasteiger partial charge in [-0.25, -0.2) is 4.90 Å². The molecule has 2 saturated heterocycles. The molecule has 5 aliphatic rings. The van der Waals surface area contributed by atoms with Gasteiger partial charge in [-0.1, -0.05) is 66.2 Å². The summed E-state index contributed by atoms with van der Waals surface area (Å²) in [7, 11) is 1.50. The lowest BCUT2D eigenvalue weighted by Crippen LogP contribution is -2.41. The van der Waals surface area contributed by atoms with Crippen molar-refractivity contribution in [3.05, 3.63) is 118 Å². The van der Waals surface area contributed by atoms with Gasteiger partial charge in [0.1, 0.15) is 11.5 Å². The smallest absolute Gasteiger partial charge is 0.316 e. The van der Waals surface area contributed by atoms with Crippen molar-refractivity contribution in [3.63, 3.8) is 0 Å². The minimum Gasteiger partial charge on any atom is -0.495 e. The molecular formula is C36H27ClN2O6. The maximum absolute atomic E-state index is 14.1. The van der Waals surface area contributed by atoms with Crippen LogP contribution in [0.2, 0.25) is 5.02 Å². The van der Waals surface area contributed by atoms with Crippen molar-refractivity contribution in [1.82, 2.24) is 0 Å². The number of nitrogens with zero attached hydrogens (tertiary/aromatic N) is 2. The number of hydrogen-bond donors (Lipinski definition) is 0. The Bertz CT molecular complexity index is 1820. The van der Waals surface area contributed by atoms with Crippen molar-refractivity contribution >= 4 is 46.7 Å². The average Bonchev–Trinajstić information content (AvgIpc) is 3.57. The maximum Gasteiger partial charge on any atom is 0.316 e. The molecule has 0 aromatic heterocycles. The first-order valence-electron chi connectivity index (χ1n) is 14.9. The third-order valence-electron chi connectivity index (χ3n) is 9.63. The van der Waals surface area contributed by atoms with Crippen molar-refractivity contribution in [2.45, 2.75) is 18.3 Å². The molecule has 2 fully saturated rings. The number of methoxy groups -OCH3 is 1. The number of benzene rings is 4. The summed E-state index contributed by atoms with van der Waals surface area (Å²) in [5.74, 6) is -2.86. The number of halogens is 1. The van der Waals surface area contributed by atoms with E-state index in [9.17, 15) is 19.2 Å². The van der Waals surface area contributed by atoms with E-state index in [4.69, 9.17) is 21.1 Å². The standard InChI is InChI=1S/C36H27ClN2O6/c1-44-28-14-13-20(37)16-27(28)38-18-19(15-29(38)40)36(43)45-22-8-6-7-21(17-22)39-34(41)32-30-23-9-2-3-10-24(23)31(33(32)35(39)42)26-12-5-4-11-25(26)30/h2-14,16-17,19,30-33H,15,18H2,1H3/t19-,30?,31?,32+,33+/m1/s1. The first kappa shape index (κ1) is 27.6. The second-order valence-electron chi connectivity index (χ2n) is 11.9. The van der Waals surface area contributed by atoms with Crippen molar-refractivity contribution < 1.29 is 28.7 Å². The van der Waals surface area contributed by atoms with E-state index < -0.39 is 23.7 Å². The highest BCUT2D eigenvalue weighted by Gasteiger charge is 2.61. The number of amides is 3. The summed E-state index contributed by atoms with van der Waals surface area (Å²) in [6.45, 7) is 0.102. The van der Waals surface area contributed by atoms with Crippen LogP contribution in [0.3, 0.4) is 0 Å². The van der Waals surface area contributed by atoms with Gasteiger partial charge in [0.25, 0.3) is 0 Å². The molecule has 45 heavy (non-hydrogen) atoms. The van der Waals surface area contributed by atoms with Gasteiger partial charge in [-0.3, -0.25) is 19.2 Å². The number of anilines is 2. The number of carbonyl (C=O) groups is 4. The Morgan fingerprint density at radius 1 is 0.778 bits per heavy atom. The lowest BCUT2D eigenvalue weighted by molar-refractivity contribution is -0.139. The lowest BCUT2D eigenvalue weighted by atomic mass is 9.55. The van der Waals surface area contributed by atoms with Gasteiger partial charge < -0.3 is 14.4 Å². The molecular weight excluding hydrogens is 592 g/mol. The van der Waals surface area contributed by atoms with E-state index in [1.54, 1.807) is 42.5 Å². The van der Waals surface area contributed by atoms with Crippen molar-refractivity contribution in [2.75, 3.05) is 23.5 Å². The summed E-state index contributed by atoms with van der Waals surface area (Å²) in [6.07, 6.45) is -0.0372. The third kappa shape index (κ3) is 4.12. The van der Waals surface area contributed by atoms with Crippen LogP contribution < -0.4 is 19.3 Å². The molecule has 0 unspecified atom stereocenters. The first-order valence-corrected chi connectivity index (χ1v) is 15.2. The van der Waals surface area contributed by atoms with Crippen molar-refractivity contribution in [2.24, 2.45) is 17.8 Å². The molecule has 224 valence electrons. The number of rotatable bonds is 5. The molecule has 8 nitrogen and oxygen atoms in total. The molecule has 4 aromatic rings. The highest BCUT2D eigenvalue weighted by atomic mass is 35.5. The number of ether oxygens (including phenoxy) is 2. The summed E-state index contributed by atoms with van der Waals surface area (Å²) in [5.41, 5.74) is 5.24. The summed E-state index contributed by atoms with van der Waals surface area (Å²) in [6, 6.07) is 27.6. The molecule has 3 atom stereocenters. The summed E-state index contributed by atoms with van der Waals surface area (Å²) in [4.78, 5) is 57.1. The van der Waals surface area contributed by atoms with Gasteiger partial charge >= 0.3 is 5.97 Å². The van der Waals surface area contributed by atoms with Gasteiger partial charge in [-0.2, -0.15) is 0 Å². The zero-order valence-corrected chi connectivity index (χ0v) is 24.9. The largest absolute Gasteiger partial charge is 0.495 e. The van der Waals surface area contributed by atoms with Gasteiger partial charge in [0.05, 0.1) is 36.2 Å². The molecule has 9 heteroatoms. The van der Waals surface area contributed by atoms with Crippen molar-refractivity contribution in [1.29, 1.82) is 0 Å². The number of carbonyl (C=O) groups excluding carboxylic acids is 4. The molecule has 0 spiro atoms. The fourth-order valence-corrected chi connectivity index (χ4v) is 7.96. The van der Waals surface area contributed by atoms with E-state index >= 15 is 0 Å². The van der Waals surface area contributed by atoms with Crippen LogP contribution in [0, 0.1) is 17.8 Å². The van der Waals surface area contributed by atoms with Gasteiger partial charge in [0.2, 0.25) is 17.7 Å². The minimum atomic E-state index is -0.726. The Hall–Kier alpha value is -4.95. The van der Waals surface area contributed by atoms with Crippen LogP contribution in [0.25, 0.3) is 0 Å². The molecule has 2 heterocycles. The molecule has 0 radical (unpaired) electrons. The number of esters is 1. The fraction of sp³-hybridized carbons (Fsp3) is 0.222. The molecule has 0 saturated carbocycles. The minimum absolute atomic E-state index is 0.0372. The molecule has 3 aliphatic carbocycles. The Morgan fingerprint density at radius 3 is 1.96 bits per heavy atom. The molecule has 4 aromatic carbocycles. The second kappa shape index (κ2) is 10.3. The Kier molecular flexibility index (Phi) is 6.32. The lowest BCUT2D eigenvalue weighted by Gasteiger charge is -2.45. The van der Waals surface area contributed by atoms with Crippen LogP contribution in [0.5, 0.6) is 11.5 Å². The van der Waals surface area contributed by atoms with Crippen LogP contribution in [-0.4, -0.2) is 37.3 Å². The van der Waals surface area contributed by atoms with E-state index in [1.165, 1.54) is 16.9 Å². The predicted molar refractivity (Wildman–Crippen MR) is 167 cm³/mol. The first-order chi connectivity index (χ1) is 21.9. The normalized spacial score (nSPS) is 24.4. The van der Waals surface area contributed by atoms with E-state index in [0.29, 0.717) is 22.1 Å². The molecule has 0 N–H and O–H groups in total. The monoisotopic (exact) mass is 618 g/mol. The number of hydrogen-bond acceptors (Lipinski definition) is 6. The molecule has 3 amide bonds. The van der Waals surface area contributed by atoms with Crippen LogP contribution in [-0.2, 0) is 19.2 Å². The SMILES string of the molecule is COc1ccc(Cl)cc1N1C[C@H](C(=O)Oc2cccc(N3C(=O)[C@H]4C5c6ccccc6C(c6ccccc65)[C@@H]4C3=O)c2)CC1=O. The van der Waals surface area contributed by atoms with Crippen LogP contribution in [0.1, 0.15) is 40.5 Å². The molecule has 9 rings (SSSR count). The Morgan fingerprint density at radius 2 is 1.38 bits per heavy atom. The number of imide groups is 1. The van der Waals surface area contributed by atoms with Crippen LogP contribution in [0.15, 0.2) is 91.0 Å². The predicted octanol–water partition coefficient (Wildman–Crippen LogP) is 5.70. The Labute approximate surface area is 264 Å². The van der Waals surface area contributed by atoms with Gasteiger partial charge in [-0.15, -0.1) is 0 Å². The summed E-state index contributed by atoms with van der Waals surface area (Å²) in [5, 5.41) is 0.438. The van der Waals surface area contributed by atoms with Gasteiger partial charge in [-0.05, 0) is 52.6 Å². The summed E-state index contributed by atoms with van der Waals surface area (Å²) >= 11 is 6.16. The van der Waals surface area contributed by atoms with Gasteiger partial charge in [0, 0.05) is 35.9 Å². The fourth-order valence-electron chi connectivity index (χ4n) is 7.79. The third-order valence-corrected chi connectivity index (χ3v) is 9.87. The summed E-state index contributed by atoms with van der Waals surface area (Å²) < 4.78 is 11.1. The second-order valence-corrected chi connectivity index (χ2v) is 12.4. The molecule has 2 aliphatic heterocycles. The maximum atomic E-state index is 14.1. The highest BCUT2D eigenvalue weighted by molar-refractivity contribution is 6.31. The van der Waals surface area contributed by atoms with Crippen LogP contribution in [0.4, 0.5) is 11.4 Å². The van der Waals surface area contributed by atoms with E-state index in [-0.39, 0.29) is 48.3 Å². The average molecular weight is 619 g/mol. The van der Waals surface area contributed by atoms with E-state index in [0.717, 1.165) is 22.3 Å². The van der Waals surface area contributed by atoms with E-state index in [2.05, 4.69) is 24.3 Å². The topological polar surface area (TPSA) is 93.2 Å². The van der Waals surface area contributed by atoms with Gasteiger partial charge in [0.15, 0.2) is 0 Å². The zero-order valence-electron chi connectivity index (χ0n) is 24.2. The Balaban J connectivity index is 1.05. The quantitative estimate of drug-likeness (QED) is 0.162. The van der Waals surface area contributed by atoms with Crippen LogP contribution >= 0.6 is 11.6 Å². The molecule has 2 bridgehead atoms. The highest BCUT2D eigenvalue weighted by Crippen LogP contribution is 2.61.